The third-order valence-electron chi connectivity index (χ3n) is 6.93. The van der Waals surface area contributed by atoms with E-state index in [-0.39, 0.29) is 18.4 Å². The molecule has 0 radical (unpaired) electrons. The molecule has 2 amide bonds. The van der Waals surface area contributed by atoms with Crippen molar-refractivity contribution >= 4 is 18.0 Å². The predicted molar refractivity (Wildman–Crippen MR) is 125 cm³/mol. The highest BCUT2D eigenvalue weighted by Crippen LogP contribution is 2.44. The van der Waals surface area contributed by atoms with Crippen LogP contribution < -0.4 is 10.6 Å². The van der Waals surface area contributed by atoms with Crippen LogP contribution in [0.15, 0.2) is 48.5 Å². The molecule has 2 aromatic rings. The number of methoxy groups -OCH3 is 1. The zero-order chi connectivity index (χ0) is 24.2. The molecule has 0 aliphatic heterocycles. The number of benzene rings is 2. The summed E-state index contributed by atoms with van der Waals surface area (Å²) in [7, 11) is 1.38. The number of alkyl carbamates (subject to hydrolysis) is 1. The van der Waals surface area contributed by atoms with E-state index in [9.17, 15) is 19.5 Å². The standard InChI is InChI=1S/C26H30N2O6/c1-15(33-2)22(25(30)31)27-24(29)23(16-8-7-9-16)28-26(32)34-14-21-19-12-5-3-10-17(19)18-11-4-6-13-20(18)21/h3-6,10-13,15-16,21-23H,7-9,14H2,1-2H3,(H,27,29)(H,28,32)(H,30,31)/t15-,22+,23?/m1/s1. The van der Waals surface area contributed by atoms with E-state index in [1.165, 1.54) is 7.11 Å². The van der Waals surface area contributed by atoms with Gasteiger partial charge >= 0.3 is 12.1 Å². The van der Waals surface area contributed by atoms with Crippen molar-refractivity contribution in [1.82, 2.24) is 10.6 Å². The molecule has 3 N–H and O–H groups in total. The van der Waals surface area contributed by atoms with Gasteiger partial charge in [-0.05, 0) is 47.9 Å². The molecule has 0 bridgehead atoms. The molecule has 8 heteroatoms. The van der Waals surface area contributed by atoms with E-state index in [0.717, 1.165) is 41.5 Å². The van der Waals surface area contributed by atoms with Gasteiger partial charge in [-0.2, -0.15) is 0 Å². The van der Waals surface area contributed by atoms with Crippen LogP contribution in [0.3, 0.4) is 0 Å². The largest absolute Gasteiger partial charge is 0.480 e. The SMILES string of the molecule is CO[C@H](C)[C@H](NC(=O)C(NC(=O)OCC1c2ccccc2-c2ccccc21)C1CCC1)C(=O)O. The number of hydrogen-bond acceptors (Lipinski definition) is 5. The second-order valence-corrected chi connectivity index (χ2v) is 8.90. The van der Waals surface area contributed by atoms with Gasteiger partial charge in [-0.1, -0.05) is 55.0 Å². The topological polar surface area (TPSA) is 114 Å². The molecule has 34 heavy (non-hydrogen) atoms. The van der Waals surface area contributed by atoms with E-state index in [2.05, 4.69) is 22.8 Å². The van der Waals surface area contributed by atoms with Crippen LogP contribution in [0.1, 0.15) is 43.2 Å². The van der Waals surface area contributed by atoms with Gasteiger partial charge in [0.05, 0.1) is 6.10 Å². The number of amides is 2. The normalized spacial score (nSPS) is 17.5. The molecule has 0 saturated heterocycles. The minimum Gasteiger partial charge on any atom is -0.480 e. The number of nitrogens with one attached hydrogen (secondary N) is 2. The van der Waals surface area contributed by atoms with Crippen LogP contribution in [-0.4, -0.2) is 55.0 Å². The maximum absolute atomic E-state index is 12.9. The molecular weight excluding hydrogens is 436 g/mol. The molecule has 8 nitrogen and oxygen atoms in total. The van der Waals surface area contributed by atoms with Gasteiger partial charge < -0.3 is 25.2 Å². The van der Waals surface area contributed by atoms with Crippen LogP contribution in [0.4, 0.5) is 4.79 Å². The Morgan fingerprint density at radius 1 is 1.00 bits per heavy atom. The third-order valence-corrected chi connectivity index (χ3v) is 6.93. The summed E-state index contributed by atoms with van der Waals surface area (Å²) in [5.41, 5.74) is 4.46. The highest BCUT2D eigenvalue weighted by molar-refractivity contribution is 5.90. The summed E-state index contributed by atoms with van der Waals surface area (Å²) < 4.78 is 10.7. The molecule has 1 fully saturated rings. The van der Waals surface area contributed by atoms with Gasteiger partial charge in [-0.15, -0.1) is 0 Å². The zero-order valence-corrected chi connectivity index (χ0v) is 19.3. The first-order valence-corrected chi connectivity index (χ1v) is 11.6. The smallest absolute Gasteiger partial charge is 0.407 e. The lowest BCUT2D eigenvalue weighted by Gasteiger charge is -2.34. The van der Waals surface area contributed by atoms with E-state index in [4.69, 9.17) is 9.47 Å². The number of carboxylic acids is 1. The summed E-state index contributed by atoms with van der Waals surface area (Å²) in [4.78, 5) is 37.3. The number of rotatable bonds is 9. The molecule has 1 unspecified atom stereocenters. The van der Waals surface area contributed by atoms with Crippen molar-refractivity contribution in [1.29, 1.82) is 0 Å². The lowest BCUT2D eigenvalue weighted by molar-refractivity contribution is -0.146. The number of hydrogen-bond donors (Lipinski definition) is 3. The molecule has 1 saturated carbocycles. The van der Waals surface area contributed by atoms with E-state index in [1.807, 2.05) is 36.4 Å². The lowest BCUT2D eigenvalue weighted by atomic mass is 9.79. The number of aliphatic carboxylic acids is 1. The maximum atomic E-state index is 12.9. The van der Waals surface area contributed by atoms with E-state index in [0.29, 0.717) is 0 Å². The van der Waals surface area contributed by atoms with E-state index >= 15 is 0 Å². The fourth-order valence-electron chi connectivity index (χ4n) is 4.70. The highest BCUT2D eigenvalue weighted by atomic mass is 16.5. The lowest BCUT2D eigenvalue weighted by Crippen LogP contribution is -2.58. The number of carboxylic acid groups (broad SMARTS) is 1. The fourth-order valence-corrected chi connectivity index (χ4v) is 4.70. The first-order chi connectivity index (χ1) is 16.4. The monoisotopic (exact) mass is 466 g/mol. The number of ether oxygens (including phenoxy) is 2. The average molecular weight is 467 g/mol. The minimum absolute atomic E-state index is 0.0622. The Morgan fingerprint density at radius 3 is 2.09 bits per heavy atom. The Morgan fingerprint density at radius 2 is 1.59 bits per heavy atom. The van der Waals surface area contributed by atoms with Crippen molar-refractivity contribution in [3.05, 3.63) is 59.7 Å². The van der Waals surface area contributed by atoms with Gasteiger partial charge in [-0.25, -0.2) is 9.59 Å². The van der Waals surface area contributed by atoms with Crippen molar-refractivity contribution in [2.45, 2.75) is 50.3 Å². The minimum atomic E-state index is -1.22. The van der Waals surface area contributed by atoms with Gasteiger partial charge in [0.1, 0.15) is 12.6 Å². The first-order valence-electron chi connectivity index (χ1n) is 11.6. The molecule has 2 aliphatic rings. The highest BCUT2D eigenvalue weighted by Gasteiger charge is 2.37. The molecule has 2 aliphatic carbocycles. The molecule has 2 aromatic carbocycles. The molecule has 180 valence electrons. The second kappa shape index (κ2) is 10.3. The van der Waals surface area contributed by atoms with Crippen molar-refractivity contribution in [3.8, 4) is 11.1 Å². The van der Waals surface area contributed by atoms with Crippen molar-refractivity contribution < 1.29 is 29.0 Å². The van der Waals surface area contributed by atoms with Gasteiger partial charge in [0, 0.05) is 13.0 Å². The Kier molecular flexibility index (Phi) is 7.17. The van der Waals surface area contributed by atoms with Crippen molar-refractivity contribution in [3.63, 3.8) is 0 Å². The summed E-state index contributed by atoms with van der Waals surface area (Å²) in [6, 6.07) is 14.0. The van der Waals surface area contributed by atoms with E-state index in [1.54, 1.807) is 6.92 Å². The van der Waals surface area contributed by atoms with Crippen LogP contribution in [0, 0.1) is 5.92 Å². The third kappa shape index (κ3) is 4.77. The van der Waals surface area contributed by atoms with Crippen molar-refractivity contribution in [2.24, 2.45) is 5.92 Å². The van der Waals surface area contributed by atoms with E-state index < -0.39 is 36.2 Å². The number of fused-ring (bicyclic) bond motifs is 3. The molecule has 0 heterocycles. The summed E-state index contributed by atoms with van der Waals surface area (Å²) in [5.74, 6) is -1.90. The van der Waals surface area contributed by atoms with Gasteiger partial charge in [0.15, 0.2) is 6.04 Å². The Bertz CT molecular complexity index is 1020. The summed E-state index contributed by atoms with van der Waals surface area (Å²) >= 11 is 0. The van der Waals surface area contributed by atoms with Gasteiger partial charge in [0.2, 0.25) is 5.91 Å². The summed E-state index contributed by atoms with van der Waals surface area (Å²) in [6.45, 7) is 1.70. The maximum Gasteiger partial charge on any atom is 0.407 e. The average Bonchev–Trinajstić information content (AvgIpc) is 3.12. The Balaban J connectivity index is 1.42. The summed E-state index contributed by atoms with van der Waals surface area (Å²) in [6.07, 6.45) is 1.09. The van der Waals surface area contributed by atoms with Crippen LogP contribution in [0.25, 0.3) is 11.1 Å². The summed E-state index contributed by atoms with van der Waals surface area (Å²) in [5, 5.41) is 14.7. The predicted octanol–water partition coefficient (Wildman–Crippen LogP) is 3.30. The van der Waals surface area contributed by atoms with Crippen LogP contribution >= 0.6 is 0 Å². The molecular formula is C26H30N2O6. The zero-order valence-electron chi connectivity index (χ0n) is 19.3. The van der Waals surface area contributed by atoms with Crippen molar-refractivity contribution in [2.75, 3.05) is 13.7 Å². The Labute approximate surface area is 198 Å². The van der Waals surface area contributed by atoms with Crippen LogP contribution in [0.5, 0.6) is 0 Å². The number of carbonyl (C=O) groups excluding carboxylic acids is 2. The second-order valence-electron chi connectivity index (χ2n) is 8.90. The fraction of sp³-hybridized carbons (Fsp3) is 0.423. The van der Waals surface area contributed by atoms with Crippen LogP contribution in [0.2, 0.25) is 0 Å². The first kappa shape index (κ1) is 23.8. The number of carbonyl (C=O) groups is 3. The van der Waals surface area contributed by atoms with Gasteiger partial charge in [0.25, 0.3) is 0 Å². The molecule has 4 rings (SSSR count). The Hall–Kier alpha value is -3.39. The van der Waals surface area contributed by atoms with Gasteiger partial charge in [-0.3, -0.25) is 4.79 Å². The molecule has 3 atom stereocenters. The molecule has 0 spiro atoms. The quantitative estimate of drug-likeness (QED) is 0.523. The molecule has 0 aromatic heterocycles. The van der Waals surface area contributed by atoms with Crippen LogP contribution in [-0.2, 0) is 19.1 Å².